The van der Waals surface area contributed by atoms with Crippen molar-refractivity contribution in [1.29, 1.82) is 0 Å². The second-order valence-electron chi connectivity index (χ2n) is 3.93. The van der Waals surface area contributed by atoms with Gasteiger partial charge in [-0.15, -0.1) is 11.8 Å². The fraction of sp³-hybridized carbons (Fsp3) is 0.143. The summed E-state index contributed by atoms with van der Waals surface area (Å²) in [6.07, 6.45) is 2.07. The minimum Gasteiger partial charge on any atom is -0.397 e. The van der Waals surface area contributed by atoms with Gasteiger partial charge in [-0.05, 0) is 42.2 Å². The lowest BCUT2D eigenvalue weighted by molar-refractivity contribution is 1.14. The van der Waals surface area contributed by atoms with E-state index in [2.05, 4.69) is 35.8 Å². The zero-order chi connectivity index (χ0) is 13.0. The molecule has 2 rings (SSSR count). The highest BCUT2D eigenvalue weighted by molar-refractivity contribution is 7.98. The lowest BCUT2D eigenvalue weighted by atomic mass is 10.2. The average Bonchev–Trinajstić information content (AvgIpc) is 2.40. The summed E-state index contributed by atoms with van der Waals surface area (Å²) in [6, 6.07) is 13.9. The molecule has 0 bridgehead atoms. The summed E-state index contributed by atoms with van der Waals surface area (Å²) in [6.45, 7) is 0.735. The van der Waals surface area contributed by atoms with E-state index >= 15 is 0 Å². The van der Waals surface area contributed by atoms with Crippen LogP contribution in [-0.2, 0) is 6.54 Å². The molecule has 0 unspecified atom stereocenters. The van der Waals surface area contributed by atoms with Crippen LogP contribution in [-0.4, -0.2) is 6.26 Å². The highest BCUT2D eigenvalue weighted by Crippen LogP contribution is 2.23. The largest absolute Gasteiger partial charge is 0.397 e. The predicted molar refractivity (Wildman–Crippen MR) is 81.4 cm³/mol. The van der Waals surface area contributed by atoms with E-state index in [1.54, 1.807) is 17.8 Å². The van der Waals surface area contributed by atoms with Crippen LogP contribution in [0.1, 0.15) is 5.56 Å². The van der Waals surface area contributed by atoms with Gasteiger partial charge in [0.15, 0.2) is 0 Å². The van der Waals surface area contributed by atoms with E-state index in [0.717, 1.165) is 12.2 Å². The third-order valence-electron chi connectivity index (χ3n) is 2.66. The summed E-state index contributed by atoms with van der Waals surface area (Å²) in [5.74, 6) is 0. The topological polar surface area (TPSA) is 38.0 Å². The minimum atomic E-state index is 0.685. The van der Waals surface area contributed by atoms with Crippen LogP contribution in [0.3, 0.4) is 0 Å². The van der Waals surface area contributed by atoms with Gasteiger partial charge in [0.1, 0.15) is 0 Å². The molecule has 0 aliphatic rings. The maximum Gasteiger partial charge on any atom is 0.0591 e. The second kappa shape index (κ2) is 6.03. The van der Waals surface area contributed by atoms with Gasteiger partial charge in [-0.2, -0.15) is 0 Å². The van der Waals surface area contributed by atoms with Crippen molar-refractivity contribution in [3.8, 4) is 0 Å². The van der Waals surface area contributed by atoms with E-state index in [1.165, 1.54) is 10.5 Å². The van der Waals surface area contributed by atoms with Gasteiger partial charge in [-0.25, -0.2) is 0 Å². The molecule has 2 nitrogen and oxygen atoms in total. The summed E-state index contributed by atoms with van der Waals surface area (Å²) >= 11 is 7.68. The molecule has 3 N–H and O–H groups in total. The van der Waals surface area contributed by atoms with E-state index in [0.29, 0.717) is 10.7 Å². The molecule has 0 saturated heterocycles. The van der Waals surface area contributed by atoms with Crippen molar-refractivity contribution >= 4 is 34.7 Å². The Bertz CT molecular complexity index is 526. The smallest absolute Gasteiger partial charge is 0.0591 e. The third kappa shape index (κ3) is 3.34. The van der Waals surface area contributed by atoms with Crippen LogP contribution in [0.2, 0.25) is 5.02 Å². The number of hydrogen-bond donors (Lipinski definition) is 2. The van der Waals surface area contributed by atoms with Crippen molar-refractivity contribution in [1.82, 2.24) is 0 Å². The van der Waals surface area contributed by atoms with Crippen molar-refractivity contribution in [3.05, 3.63) is 53.1 Å². The molecular formula is C14H15ClN2S. The summed E-state index contributed by atoms with van der Waals surface area (Å²) in [5, 5.41) is 3.98. The standard InChI is InChI=1S/C14H15ClN2S/c1-18-12-5-2-10(3-6-12)9-17-14-8-11(15)4-7-13(14)16/h2-8,17H,9,16H2,1H3. The molecule has 0 atom stereocenters. The molecule has 0 spiro atoms. The van der Waals surface area contributed by atoms with Crippen LogP contribution < -0.4 is 11.1 Å². The molecule has 4 heteroatoms. The van der Waals surface area contributed by atoms with Gasteiger partial charge in [0.2, 0.25) is 0 Å². The van der Waals surface area contributed by atoms with Crippen LogP contribution in [0.25, 0.3) is 0 Å². The van der Waals surface area contributed by atoms with Gasteiger partial charge in [-0.1, -0.05) is 23.7 Å². The number of nitrogens with two attached hydrogens (primary N) is 1. The zero-order valence-corrected chi connectivity index (χ0v) is 11.7. The molecule has 18 heavy (non-hydrogen) atoms. The van der Waals surface area contributed by atoms with Gasteiger partial charge < -0.3 is 11.1 Å². The fourth-order valence-electron chi connectivity index (χ4n) is 1.62. The zero-order valence-electron chi connectivity index (χ0n) is 10.1. The number of nitrogen functional groups attached to an aromatic ring is 1. The molecule has 2 aromatic rings. The molecule has 0 heterocycles. The molecule has 2 aromatic carbocycles. The molecule has 0 radical (unpaired) electrons. The molecule has 94 valence electrons. The first-order chi connectivity index (χ1) is 8.69. The molecule has 0 amide bonds. The van der Waals surface area contributed by atoms with Gasteiger partial charge in [0, 0.05) is 16.5 Å². The Morgan fingerprint density at radius 3 is 2.56 bits per heavy atom. The van der Waals surface area contributed by atoms with Crippen molar-refractivity contribution < 1.29 is 0 Å². The van der Waals surface area contributed by atoms with Crippen molar-refractivity contribution in [2.24, 2.45) is 0 Å². The normalized spacial score (nSPS) is 10.3. The summed E-state index contributed by atoms with van der Waals surface area (Å²) < 4.78 is 0. The molecule has 0 fully saturated rings. The molecule has 0 aromatic heterocycles. The summed E-state index contributed by atoms with van der Waals surface area (Å²) in [4.78, 5) is 1.26. The van der Waals surface area contributed by atoms with Crippen molar-refractivity contribution in [3.63, 3.8) is 0 Å². The van der Waals surface area contributed by atoms with E-state index in [1.807, 2.05) is 12.1 Å². The quantitative estimate of drug-likeness (QED) is 0.648. The Labute approximate surface area is 117 Å². The number of nitrogens with one attached hydrogen (secondary N) is 1. The minimum absolute atomic E-state index is 0.685. The number of anilines is 2. The Hall–Kier alpha value is -1.32. The van der Waals surface area contributed by atoms with Crippen molar-refractivity contribution in [2.75, 3.05) is 17.3 Å². The monoisotopic (exact) mass is 278 g/mol. The molecule has 0 saturated carbocycles. The highest BCUT2D eigenvalue weighted by Gasteiger charge is 2.00. The van der Waals surface area contributed by atoms with E-state index in [-0.39, 0.29) is 0 Å². The molecular weight excluding hydrogens is 264 g/mol. The van der Waals surface area contributed by atoms with Crippen LogP contribution in [0.5, 0.6) is 0 Å². The lowest BCUT2D eigenvalue weighted by Crippen LogP contribution is -2.02. The first kappa shape index (κ1) is 13.1. The number of rotatable bonds is 4. The van der Waals surface area contributed by atoms with Crippen LogP contribution in [0.15, 0.2) is 47.4 Å². The Balaban J connectivity index is 2.04. The van der Waals surface area contributed by atoms with Gasteiger partial charge in [0.05, 0.1) is 11.4 Å². The van der Waals surface area contributed by atoms with Gasteiger partial charge >= 0.3 is 0 Å². The third-order valence-corrected chi connectivity index (χ3v) is 3.64. The lowest BCUT2D eigenvalue weighted by Gasteiger charge is -2.10. The maximum absolute atomic E-state index is 5.94. The van der Waals surface area contributed by atoms with Crippen LogP contribution in [0, 0.1) is 0 Å². The summed E-state index contributed by atoms with van der Waals surface area (Å²) in [5.41, 5.74) is 8.67. The molecule has 0 aliphatic heterocycles. The number of hydrogen-bond acceptors (Lipinski definition) is 3. The Kier molecular flexibility index (Phi) is 4.39. The first-order valence-corrected chi connectivity index (χ1v) is 7.21. The SMILES string of the molecule is CSc1ccc(CNc2cc(Cl)ccc2N)cc1. The maximum atomic E-state index is 5.94. The number of benzene rings is 2. The number of thioether (sulfide) groups is 1. The van der Waals surface area contributed by atoms with E-state index < -0.39 is 0 Å². The Morgan fingerprint density at radius 1 is 1.17 bits per heavy atom. The predicted octanol–water partition coefficient (Wildman–Crippen LogP) is 4.26. The average molecular weight is 279 g/mol. The van der Waals surface area contributed by atoms with E-state index in [9.17, 15) is 0 Å². The van der Waals surface area contributed by atoms with Crippen molar-refractivity contribution in [2.45, 2.75) is 11.4 Å². The van der Waals surface area contributed by atoms with Crippen LogP contribution >= 0.6 is 23.4 Å². The first-order valence-electron chi connectivity index (χ1n) is 5.61. The second-order valence-corrected chi connectivity index (χ2v) is 5.25. The van der Waals surface area contributed by atoms with E-state index in [4.69, 9.17) is 17.3 Å². The fourth-order valence-corrected chi connectivity index (χ4v) is 2.20. The van der Waals surface area contributed by atoms with Crippen LogP contribution in [0.4, 0.5) is 11.4 Å². The Morgan fingerprint density at radius 2 is 1.89 bits per heavy atom. The highest BCUT2D eigenvalue weighted by atomic mass is 35.5. The van der Waals surface area contributed by atoms with Gasteiger partial charge in [-0.3, -0.25) is 0 Å². The molecule has 0 aliphatic carbocycles. The summed E-state index contributed by atoms with van der Waals surface area (Å²) in [7, 11) is 0. The number of halogens is 1. The van der Waals surface area contributed by atoms with Gasteiger partial charge in [0.25, 0.3) is 0 Å².